The van der Waals surface area contributed by atoms with Gasteiger partial charge in [0.25, 0.3) is 0 Å². The average Bonchev–Trinajstić information content (AvgIpc) is 3.10. The van der Waals surface area contributed by atoms with Crippen LogP contribution in [0.2, 0.25) is 0 Å². The molecule has 6 nitrogen and oxygen atoms in total. The summed E-state index contributed by atoms with van der Waals surface area (Å²) in [5.74, 6) is -0.0402. The Morgan fingerprint density at radius 3 is 2.82 bits per heavy atom. The molecule has 0 bridgehead atoms. The topological polar surface area (TPSA) is 83.1 Å². The molecule has 22 heavy (non-hydrogen) atoms. The molecule has 2 rings (SSSR count). The molecule has 0 spiro atoms. The van der Waals surface area contributed by atoms with E-state index < -0.39 is 0 Å². The van der Waals surface area contributed by atoms with Crippen LogP contribution in [0.1, 0.15) is 51.6 Å². The van der Waals surface area contributed by atoms with Crippen molar-refractivity contribution in [2.45, 2.75) is 64.5 Å². The van der Waals surface area contributed by atoms with Gasteiger partial charge >= 0.3 is 6.03 Å². The number of rotatable bonds is 6. The van der Waals surface area contributed by atoms with Gasteiger partial charge in [0, 0.05) is 17.5 Å². The van der Waals surface area contributed by atoms with E-state index in [-0.39, 0.29) is 30.4 Å². The van der Waals surface area contributed by atoms with Gasteiger partial charge in [-0.2, -0.15) is 0 Å². The van der Waals surface area contributed by atoms with Crippen LogP contribution < -0.4 is 16.0 Å². The SMILES string of the molecule is CC[C@@H](C)NC(=O)Cc1csc(NC(=O)NC2CCCC2)n1. The van der Waals surface area contributed by atoms with Gasteiger partial charge < -0.3 is 10.6 Å². The molecule has 1 aliphatic carbocycles. The summed E-state index contributed by atoms with van der Waals surface area (Å²) < 4.78 is 0. The molecule has 3 N–H and O–H groups in total. The number of nitrogens with one attached hydrogen (secondary N) is 3. The van der Waals surface area contributed by atoms with Crippen molar-refractivity contribution in [2.24, 2.45) is 0 Å². The second-order valence-electron chi connectivity index (χ2n) is 5.78. The molecule has 0 radical (unpaired) electrons. The Morgan fingerprint density at radius 2 is 2.14 bits per heavy atom. The highest BCUT2D eigenvalue weighted by atomic mass is 32.1. The van der Waals surface area contributed by atoms with E-state index in [1.807, 2.05) is 13.8 Å². The second-order valence-corrected chi connectivity index (χ2v) is 6.64. The van der Waals surface area contributed by atoms with Crippen LogP contribution in [0.25, 0.3) is 0 Å². The van der Waals surface area contributed by atoms with Crippen LogP contribution >= 0.6 is 11.3 Å². The maximum absolute atomic E-state index is 11.8. The van der Waals surface area contributed by atoms with E-state index in [1.165, 1.54) is 24.2 Å². The first-order chi connectivity index (χ1) is 10.6. The van der Waals surface area contributed by atoms with Crippen molar-refractivity contribution >= 4 is 28.4 Å². The van der Waals surface area contributed by atoms with Gasteiger partial charge in [-0.15, -0.1) is 11.3 Å². The molecule has 0 aromatic carbocycles. The normalized spacial score (nSPS) is 16.3. The minimum atomic E-state index is -0.211. The molecular formula is C15H24N4O2S. The summed E-state index contributed by atoms with van der Waals surface area (Å²) in [5.41, 5.74) is 0.682. The lowest BCUT2D eigenvalue weighted by molar-refractivity contribution is -0.121. The summed E-state index contributed by atoms with van der Waals surface area (Å²) >= 11 is 1.34. The van der Waals surface area contributed by atoms with Crippen molar-refractivity contribution < 1.29 is 9.59 Å². The number of carbonyl (C=O) groups is 2. The number of thiazole rings is 1. The third-order valence-corrected chi connectivity index (χ3v) is 4.63. The average molecular weight is 324 g/mol. The molecule has 0 aliphatic heterocycles. The van der Waals surface area contributed by atoms with Crippen LogP contribution in [0, 0.1) is 0 Å². The highest BCUT2D eigenvalue weighted by Crippen LogP contribution is 2.19. The first kappa shape index (κ1) is 16.7. The molecule has 122 valence electrons. The van der Waals surface area contributed by atoms with E-state index in [1.54, 1.807) is 5.38 Å². The number of carbonyl (C=O) groups excluding carboxylic acids is 2. The minimum Gasteiger partial charge on any atom is -0.353 e. The highest BCUT2D eigenvalue weighted by Gasteiger charge is 2.17. The van der Waals surface area contributed by atoms with Crippen LogP contribution in [-0.2, 0) is 11.2 Å². The van der Waals surface area contributed by atoms with Crippen LogP contribution in [0.4, 0.5) is 9.93 Å². The maximum Gasteiger partial charge on any atom is 0.321 e. The number of hydrogen-bond donors (Lipinski definition) is 3. The molecule has 0 unspecified atom stereocenters. The molecule has 3 amide bonds. The van der Waals surface area contributed by atoms with Gasteiger partial charge in [-0.1, -0.05) is 19.8 Å². The van der Waals surface area contributed by atoms with Crippen molar-refractivity contribution in [2.75, 3.05) is 5.32 Å². The van der Waals surface area contributed by atoms with E-state index >= 15 is 0 Å². The quantitative estimate of drug-likeness (QED) is 0.752. The standard InChI is InChI=1S/C15H24N4O2S/c1-3-10(2)16-13(20)8-12-9-22-15(18-12)19-14(21)17-11-6-4-5-7-11/h9-11H,3-8H2,1-2H3,(H,16,20)(H2,17,18,19,21)/t10-/m1/s1. The second kappa shape index (κ2) is 8.12. The molecule has 0 saturated heterocycles. The fourth-order valence-electron chi connectivity index (χ4n) is 2.43. The first-order valence-electron chi connectivity index (χ1n) is 7.88. The summed E-state index contributed by atoms with van der Waals surface area (Å²) in [4.78, 5) is 27.9. The van der Waals surface area contributed by atoms with Gasteiger partial charge in [-0.3, -0.25) is 10.1 Å². The molecule has 1 aliphatic rings. The Balaban J connectivity index is 1.78. The number of hydrogen-bond acceptors (Lipinski definition) is 4. The van der Waals surface area contributed by atoms with Crippen LogP contribution in [0.15, 0.2) is 5.38 Å². The predicted octanol–water partition coefficient (Wildman–Crippen LogP) is 2.66. The van der Waals surface area contributed by atoms with Crippen LogP contribution in [0.5, 0.6) is 0 Å². The minimum absolute atomic E-state index is 0.0402. The lowest BCUT2D eigenvalue weighted by Gasteiger charge is -2.11. The summed E-state index contributed by atoms with van der Waals surface area (Å²) in [6.45, 7) is 4.00. The number of nitrogens with zero attached hydrogens (tertiary/aromatic N) is 1. The van der Waals surface area contributed by atoms with E-state index in [0.29, 0.717) is 10.8 Å². The molecule has 1 fully saturated rings. The predicted molar refractivity (Wildman–Crippen MR) is 88.1 cm³/mol. The zero-order valence-corrected chi connectivity index (χ0v) is 14.0. The Labute approximate surface area is 135 Å². The Morgan fingerprint density at radius 1 is 1.41 bits per heavy atom. The molecule has 1 heterocycles. The van der Waals surface area contributed by atoms with E-state index in [9.17, 15) is 9.59 Å². The molecule has 7 heteroatoms. The van der Waals surface area contributed by atoms with Gasteiger partial charge in [-0.25, -0.2) is 9.78 Å². The highest BCUT2D eigenvalue weighted by molar-refractivity contribution is 7.13. The number of amides is 3. The summed E-state index contributed by atoms with van der Waals surface area (Å²) in [7, 11) is 0. The third kappa shape index (κ3) is 5.29. The van der Waals surface area contributed by atoms with Gasteiger partial charge in [0.15, 0.2) is 5.13 Å². The van der Waals surface area contributed by atoms with Crippen molar-refractivity contribution in [3.63, 3.8) is 0 Å². The van der Waals surface area contributed by atoms with Gasteiger partial charge in [0.1, 0.15) is 0 Å². The van der Waals surface area contributed by atoms with Crippen molar-refractivity contribution in [1.82, 2.24) is 15.6 Å². The zero-order chi connectivity index (χ0) is 15.9. The number of anilines is 1. The van der Waals surface area contributed by atoms with E-state index in [0.717, 1.165) is 19.3 Å². The third-order valence-electron chi connectivity index (χ3n) is 3.82. The van der Waals surface area contributed by atoms with Gasteiger partial charge in [0.2, 0.25) is 5.91 Å². The fraction of sp³-hybridized carbons (Fsp3) is 0.667. The summed E-state index contributed by atoms with van der Waals surface area (Å²) in [6, 6.07) is 0.235. The van der Waals surface area contributed by atoms with Gasteiger partial charge in [0.05, 0.1) is 12.1 Å². The summed E-state index contributed by atoms with van der Waals surface area (Å²) in [6.07, 6.45) is 5.59. The largest absolute Gasteiger partial charge is 0.353 e. The Kier molecular flexibility index (Phi) is 6.18. The molecule has 1 aromatic rings. The molecule has 1 atom stereocenters. The zero-order valence-electron chi connectivity index (χ0n) is 13.1. The van der Waals surface area contributed by atoms with Crippen molar-refractivity contribution in [3.8, 4) is 0 Å². The van der Waals surface area contributed by atoms with Crippen molar-refractivity contribution in [1.29, 1.82) is 0 Å². The molecule has 1 aromatic heterocycles. The van der Waals surface area contributed by atoms with E-state index in [2.05, 4.69) is 20.9 Å². The smallest absolute Gasteiger partial charge is 0.321 e. The number of aromatic nitrogens is 1. The first-order valence-corrected chi connectivity index (χ1v) is 8.76. The van der Waals surface area contributed by atoms with E-state index in [4.69, 9.17) is 0 Å². The number of urea groups is 1. The molecular weight excluding hydrogens is 300 g/mol. The van der Waals surface area contributed by atoms with Crippen LogP contribution in [-0.4, -0.2) is 29.0 Å². The Bertz CT molecular complexity index is 511. The Hall–Kier alpha value is -1.63. The maximum atomic E-state index is 11.8. The van der Waals surface area contributed by atoms with Crippen molar-refractivity contribution in [3.05, 3.63) is 11.1 Å². The lowest BCUT2D eigenvalue weighted by atomic mass is 10.2. The van der Waals surface area contributed by atoms with Gasteiger partial charge in [-0.05, 0) is 26.2 Å². The molecule has 1 saturated carbocycles. The fourth-order valence-corrected chi connectivity index (χ4v) is 3.13. The monoisotopic (exact) mass is 324 g/mol. The lowest BCUT2D eigenvalue weighted by Crippen LogP contribution is -2.36. The van der Waals surface area contributed by atoms with Crippen LogP contribution in [0.3, 0.4) is 0 Å². The summed E-state index contributed by atoms with van der Waals surface area (Å²) in [5, 5.41) is 10.9.